The van der Waals surface area contributed by atoms with Crippen LogP contribution in [-0.4, -0.2) is 31.4 Å². The van der Waals surface area contributed by atoms with Crippen molar-refractivity contribution >= 4 is 34.9 Å². The van der Waals surface area contributed by atoms with Gasteiger partial charge >= 0.3 is 5.97 Å². The second kappa shape index (κ2) is 8.30. The average molecular weight is 362 g/mol. The third kappa shape index (κ3) is 5.06. The van der Waals surface area contributed by atoms with E-state index in [0.717, 1.165) is 0 Å². The molecule has 25 heavy (non-hydrogen) atoms. The summed E-state index contributed by atoms with van der Waals surface area (Å²) < 4.78 is 10.0. The fourth-order valence-corrected chi connectivity index (χ4v) is 2.23. The van der Waals surface area contributed by atoms with Gasteiger partial charge in [0.2, 0.25) is 0 Å². The lowest BCUT2D eigenvalue weighted by Gasteiger charge is -2.10. The van der Waals surface area contributed by atoms with Gasteiger partial charge in [-0.3, -0.25) is 9.59 Å². The Balaban J connectivity index is 1.98. The molecule has 0 spiro atoms. The number of hydrogen-bond acceptors (Lipinski definition) is 5. The van der Waals surface area contributed by atoms with Gasteiger partial charge in [-0.1, -0.05) is 23.7 Å². The number of carbonyl (C=O) groups excluding carboxylic acids is 3. The summed E-state index contributed by atoms with van der Waals surface area (Å²) >= 11 is 5.86. The number of halogens is 1. The van der Waals surface area contributed by atoms with Crippen LogP contribution in [0, 0.1) is 0 Å². The van der Waals surface area contributed by atoms with Crippen molar-refractivity contribution in [2.75, 3.05) is 19.0 Å². The van der Waals surface area contributed by atoms with E-state index in [4.69, 9.17) is 21.1 Å². The number of esters is 1. The van der Waals surface area contributed by atoms with Crippen molar-refractivity contribution in [3.63, 3.8) is 0 Å². The molecule has 0 radical (unpaired) electrons. The minimum atomic E-state index is -0.730. The number of Topliss-reactive ketones (excluding diaryl/α,β-unsaturated/α-hetero) is 1. The maximum absolute atomic E-state index is 12.1. The summed E-state index contributed by atoms with van der Waals surface area (Å²) in [4.78, 5) is 35.4. The number of anilines is 1. The Hall–Kier alpha value is -2.86. The van der Waals surface area contributed by atoms with Crippen LogP contribution in [0.25, 0.3) is 0 Å². The largest absolute Gasteiger partial charge is 0.496 e. The molecule has 0 saturated heterocycles. The molecule has 0 saturated carbocycles. The third-order valence-electron chi connectivity index (χ3n) is 3.27. The minimum absolute atomic E-state index is 0.115. The number of benzene rings is 2. The van der Waals surface area contributed by atoms with Crippen LogP contribution in [0.15, 0.2) is 42.5 Å². The summed E-state index contributed by atoms with van der Waals surface area (Å²) in [5.74, 6) is -1.08. The number of amides is 1. The van der Waals surface area contributed by atoms with Gasteiger partial charge in [0.1, 0.15) is 11.3 Å². The molecule has 0 aliphatic carbocycles. The zero-order valence-electron chi connectivity index (χ0n) is 13.7. The molecule has 2 aromatic rings. The molecule has 0 unspecified atom stereocenters. The monoisotopic (exact) mass is 361 g/mol. The summed E-state index contributed by atoms with van der Waals surface area (Å²) in [7, 11) is 1.41. The Morgan fingerprint density at radius 2 is 1.88 bits per heavy atom. The Labute approximate surface area is 149 Å². The van der Waals surface area contributed by atoms with Crippen molar-refractivity contribution in [2.24, 2.45) is 0 Å². The molecule has 1 N–H and O–H groups in total. The molecule has 0 aromatic heterocycles. The van der Waals surface area contributed by atoms with Crippen LogP contribution in [0.5, 0.6) is 5.75 Å². The first-order chi connectivity index (χ1) is 11.9. The van der Waals surface area contributed by atoms with Crippen LogP contribution in [0.4, 0.5) is 5.69 Å². The van der Waals surface area contributed by atoms with Crippen LogP contribution < -0.4 is 10.1 Å². The van der Waals surface area contributed by atoms with E-state index in [0.29, 0.717) is 22.0 Å². The highest BCUT2D eigenvalue weighted by atomic mass is 35.5. The van der Waals surface area contributed by atoms with Crippen LogP contribution in [0.3, 0.4) is 0 Å². The highest BCUT2D eigenvalue weighted by molar-refractivity contribution is 6.31. The van der Waals surface area contributed by atoms with Crippen LogP contribution in [0.2, 0.25) is 5.02 Å². The lowest BCUT2D eigenvalue weighted by atomic mass is 10.1. The van der Waals surface area contributed by atoms with Gasteiger partial charge in [-0.05, 0) is 37.3 Å². The second-order valence-electron chi connectivity index (χ2n) is 5.11. The molecule has 2 rings (SSSR count). The van der Waals surface area contributed by atoms with Gasteiger partial charge in [-0.2, -0.15) is 0 Å². The van der Waals surface area contributed by atoms with Gasteiger partial charge in [0.15, 0.2) is 12.4 Å². The number of methoxy groups -OCH3 is 1. The topological polar surface area (TPSA) is 81.7 Å². The first-order valence-electron chi connectivity index (χ1n) is 7.32. The number of rotatable bonds is 6. The van der Waals surface area contributed by atoms with Gasteiger partial charge in [-0.15, -0.1) is 0 Å². The maximum atomic E-state index is 12.1. The van der Waals surface area contributed by atoms with Crippen molar-refractivity contribution in [3.05, 3.63) is 58.6 Å². The van der Waals surface area contributed by atoms with Crippen molar-refractivity contribution in [3.8, 4) is 5.75 Å². The Morgan fingerprint density at radius 1 is 1.12 bits per heavy atom. The highest BCUT2D eigenvalue weighted by Gasteiger charge is 2.16. The van der Waals surface area contributed by atoms with E-state index in [1.807, 2.05) is 0 Å². The SMILES string of the molecule is COc1ccc(Cl)cc1C(=O)OCC(=O)Nc1cccc(C(C)=O)c1. The molecule has 2 aromatic carbocycles. The van der Waals surface area contributed by atoms with E-state index < -0.39 is 18.5 Å². The van der Waals surface area contributed by atoms with E-state index in [1.165, 1.54) is 26.2 Å². The predicted octanol–water partition coefficient (Wildman–Crippen LogP) is 3.35. The minimum Gasteiger partial charge on any atom is -0.496 e. The number of ketones is 1. The number of carbonyl (C=O) groups is 3. The van der Waals surface area contributed by atoms with E-state index in [9.17, 15) is 14.4 Å². The lowest BCUT2D eigenvalue weighted by Crippen LogP contribution is -2.21. The van der Waals surface area contributed by atoms with Crippen molar-refractivity contribution in [1.82, 2.24) is 0 Å². The Kier molecular flexibility index (Phi) is 6.14. The maximum Gasteiger partial charge on any atom is 0.342 e. The van der Waals surface area contributed by atoms with Crippen LogP contribution in [-0.2, 0) is 9.53 Å². The fourth-order valence-electron chi connectivity index (χ4n) is 2.06. The standard InChI is InChI=1S/C18H16ClNO5/c1-11(21)12-4-3-5-14(8-12)20-17(22)10-25-18(23)15-9-13(19)6-7-16(15)24-2/h3-9H,10H2,1-2H3,(H,20,22). The summed E-state index contributed by atoms with van der Waals surface area (Å²) in [6, 6.07) is 11.0. The van der Waals surface area contributed by atoms with Gasteiger partial charge in [0, 0.05) is 16.3 Å². The molecule has 0 aliphatic rings. The van der Waals surface area contributed by atoms with Gasteiger partial charge in [0.05, 0.1) is 7.11 Å². The van der Waals surface area contributed by atoms with Gasteiger partial charge in [-0.25, -0.2) is 4.79 Å². The molecule has 0 bridgehead atoms. The first-order valence-corrected chi connectivity index (χ1v) is 7.70. The van der Waals surface area contributed by atoms with Gasteiger partial charge < -0.3 is 14.8 Å². The summed E-state index contributed by atoms with van der Waals surface area (Å²) in [6.07, 6.45) is 0. The second-order valence-corrected chi connectivity index (χ2v) is 5.54. The van der Waals surface area contributed by atoms with Crippen LogP contribution in [0.1, 0.15) is 27.6 Å². The molecule has 130 valence electrons. The van der Waals surface area contributed by atoms with Gasteiger partial charge in [0.25, 0.3) is 5.91 Å². The van der Waals surface area contributed by atoms with Crippen molar-refractivity contribution in [2.45, 2.75) is 6.92 Å². The van der Waals surface area contributed by atoms with E-state index >= 15 is 0 Å². The number of hydrogen-bond donors (Lipinski definition) is 1. The molecule has 0 atom stereocenters. The Bertz CT molecular complexity index is 819. The molecule has 0 fully saturated rings. The molecule has 0 heterocycles. The predicted molar refractivity (Wildman–Crippen MR) is 93.4 cm³/mol. The molecule has 0 aliphatic heterocycles. The molecule has 7 heteroatoms. The summed E-state index contributed by atoms with van der Waals surface area (Å²) in [5.41, 5.74) is 1.04. The zero-order valence-corrected chi connectivity index (χ0v) is 14.4. The van der Waals surface area contributed by atoms with E-state index in [2.05, 4.69) is 5.32 Å². The van der Waals surface area contributed by atoms with Crippen molar-refractivity contribution in [1.29, 1.82) is 0 Å². The van der Waals surface area contributed by atoms with Crippen molar-refractivity contribution < 1.29 is 23.9 Å². The van der Waals surface area contributed by atoms with E-state index in [-0.39, 0.29) is 11.3 Å². The normalized spacial score (nSPS) is 10.0. The van der Waals surface area contributed by atoms with Crippen LogP contribution >= 0.6 is 11.6 Å². The molecular weight excluding hydrogens is 346 g/mol. The first kappa shape index (κ1) is 18.5. The summed E-state index contributed by atoms with van der Waals surface area (Å²) in [5, 5.41) is 2.90. The highest BCUT2D eigenvalue weighted by Crippen LogP contribution is 2.23. The number of nitrogens with one attached hydrogen (secondary N) is 1. The molecular formula is C18H16ClNO5. The lowest BCUT2D eigenvalue weighted by molar-refractivity contribution is -0.119. The Morgan fingerprint density at radius 3 is 2.56 bits per heavy atom. The average Bonchev–Trinajstić information content (AvgIpc) is 2.59. The fraction of sp³-hybridized carbons (Fsp3) is 0.167. The smallest absolute Gasteiger partial charge is 0.342 e. The molecule has 1 amide bonds. The molecule has 6 nitrogen and oxygen atoms in total. The summed E-state index contributed by atoms with van der Waals surface area (Å²) in [6.45, 7) is 0.944. The van der Waals surface area contributed by atoms with E-state index in [1.54, 1.807) is 30.3 Å². The quantitative estimate of drug-likeness (QED) is 0.630. The number of ether oxygens (including phenoxy) is 2. The zero-order chi connectivity index (χ0) is 18.4. The third-order valence-corrected chi connectivity index (χ3v) is 3.50.